The monoisotopic (exact) mass is 782 g/mol. The van der Waals surface area contributed by atoms with Crippen LogP contribution in [0.3, 0.4) is 0 Å². The molecule has 6 aliphatic rings. The summed E-state index contributed by atoms with van der Waals surface area (Å²) in [5, 5.41) is 0. The molecule has 196 valence electrons. The Morgan fingerprint density at radius 2 is 1.10 bits per heavy atom. The summed E-state index contributed by atoms with van der Waals surface area (Å²) in [5.41, 5.74) is 14.5. The Morgan fingerprint density at radius 1 is 0.650 bits per heavy atom. The van der Waals surface area contributed by atoms with Gasteiger partial charge in [0.25, 0.3) is 0 Å². The second-order valence-electron chi connectivity index (χ2n) is 10.7. The molecule has 40 heavy (non-hydrogen) atoms. The summed E-state index contributed by atoms with van der Waals surface area (Å²) in [4.78, 5) is 7.85. The Kier molecular flexibility index (Phi) is 6.63. The molecule has 4 aromatic carbocycles. The summed E-state index contributed by atoms with van der Waals surface area (Å²) in [6, 6.07) is 23.9. The Bertz CT molecular complexity index is 1740. The van der Waals surface area contributed by atoms with E-state index in [2.05, 4.69) is 129 Å². The number of hydrogen-bond acceptors (Lipinski definition) is 3. The molecule has 0 aromatic heterocycles. The van der Waals surface area contributed by atoms with Gasteiger partial charge in [-0.05, 0) is 0 Å². The van der Waals surface area contributed by atoms with E-state index in [1.54, 1.807) is 6.54 Å². The van der Waals surface area contributed by atoms with E-state index in [1.807, 2.05) is 11.8 Å². The van der Waals surface area contributed by atoms with Crippen molar-refractivity contribution in [2.45, 2.75) is 21.9 Å². The molecule has 0 fully saturated rings. The van der Waals surface area contributed by atoms with Crippen molar-refractivity contribution in [3.8, 4) is 0 Å². The van der Waals surface area contributed by atoms with Gasteiger partial charge in [-0.1, -0.05) is 0 Å². The molecule has 8 heteroatoms. The number of nitrogens with zero attached hydrogens (tertiary/aromatic N) is 2. The number of hydrogen-bond donors (Lipinski definition) is 0. The molecule has 0 amide bonds. The van der Waals surface area contributed by atoms with Crippen LogP contribution in [0.1, 0.15) is 45.5 Å². The van der Waals surface area contributed by atoms with Crippen LogP contribution in [0.5, 0.6) is 0 Å². The molecule has 2 nitrogen and oxygen atoms in total. The molecule has 0 saturated carbocycles. The molecule has 2 unspecified atom stereocenters. The van der Waals surface area contributed by atoms with Gasteiger partial charge in [0.05, 0.1) is 0 Å². The van der Waals surface area contributed by atoms with E-state index in [9.17, 15) is 0 Å². The first kappa shape index (κ1) is 27.6. The number of anilines is 2. The van der Waals surface area contributed by atoms with E-state index >= 15 is 0 Å². The maximum Gasteiger partial charge on any atom is -1.00 e. The van der Waals surface area contributed by atoms with Crippen molar-refractivity contribution in [1.29, 1.82) is 0 Å². The minimum absolute atomic E-state index is 0. The van der Waals surface area contributed by atoms with Gasteiger partial charge in [-0.3, -0.25) is 0 Å². The van der Waals surface area contributed by atoms with E-state index in [0.717, 1.165) is 8.95 Å². The molecular weight excluding hydrogens is 766 g/mol. The summed E-state index contributed by atoms with van der Waals surface area (Å²) in [6.45, 7) is 0. The van der Waals surface area contributed by atoms with Gasteiger partial charge < -0.3 is 24.8 Å². The first-order chi connectivity index (χ1) is 18.5. The van der Waals surface area contributed by atoms with Crippen LogP contribution in [0.4, 0.5) is 11.4 Å². The van der Waals surface area contributed by atoms with Crippen LogP contribution >= 0.6 is 43.6 Å². The fourth-order valence-corrected chi connectivity index (χ4v) is 12.6. The van der Waals surface area contributed by atoms with Crippen LogP contribution in [0.2, 0.25) is 0 Å². The van der Waals surface area contributed by atoms with Gasteiger partial charge in [-0.15, -0.1) is 0 Å². The van der Waals surface area contributed by atoms with Crippen LogP contribution in [-0.4, -0.2) is 14.1 Å². The second kappa shape index (κ2) is 9.62. The van der Waals surface area contributed by atoms with Crippen molar-refractivity contribution in [3.05, 3.63) is 103 Å². The molecule has 2 atom stereocenters. The van der Waals surface area contributed by atoms with Crippen molar-refractivity contribution in [1.82, 2.24) is 0 Å². The van der Waals surface area contributed by atoms with Gasteiger partial charge in [0, 0.05) is 0 Å². The molecule has 10 rings (SSSR count). The predicted octanol–water partition coefficient (Wildman–Crippen LogP) is 1.81. The third-order valence-electron chi connectivity index (χ3n) is 8.73. The summed E-state index contributed by atoms with van der Waals surface area (Å²) in [7, 11) is 4.60. The maximum atomic E-state index is 3.69. The Morgan fingerprint density at radius 3 is 1.55 bits per heavy atom. The third-order valence-corrected chi connectivity index (χ3v) is 14.2. The molecule has 4 heterocycles. The third kappa shape index (κ3) is 3.56. The summed E-state index contributed by atoms with van der Waals surface area (Å²) in [6.07, 6.45) is 4.92. The van der Waals surface area contributed by atoms with Crippen LogP contribution in [0, 0.1) is 0 Å². The van der Waals surface area contributed by atoms with Crippen molar-refractivity contribution in [3.63, 3.8) is 0 Å². The molecule has 2 aliphatic carbocycles. The van der Waals surface area contributed by atoms with Gasteiger partial charge in [0.2, 0.25) is 0 Å². The minimum Gasteiger partial charge on any atom is -1.00 e. The molecule has 0 spiro atoms. The SMILES string of the molecule is CN1c2c3cc[c](c2C2=Cc4cc(Br)ccc4C21)[Zr+2][c]1ccc(c2c1C1=Cc4cc(Br)ccc4C1N2C)S3.[Cl-].[Cl-]. The van der Waals surface area contributed by atoms with Crippen LogP contribution < -0.4 is 41.2 Å². The molecule has 0 radical (unpaired) electrons. The van der Waals surface area contributed by atoms with E-state index in [4.69, 9.17) is 0 Å². The normalized spacial score (nSPS) is 19.2. The average Bonchev–Trinajstić information content (AvgIpc) is 3.61. The van der Waals surface area contributed by atoms with E-state index in [0.29, 0.717) is 12.1 Å². The molecular formula is C32H20Br2Cl2N2SZr. The average molecular weight is 787 g/mol. The largest absolute Gasteiger partial charge is 1.00 e. The molecule has 0 saturated heterocycles. The zero-order chi connectivity index (χ0) is 25.4. The Labute approximate surface area is 278 Å². The molecule has 4 aliphatic heterocycles. The van der Waals surface area contributed by atoms with Crippen LogP contribution in [-0.2, 0) is 23.2 Å². The van der Waals surface area contributed by atoms with Gasteiger partial charge in [0.15, 0.2) is 0 Å². The standard InChI is InChI=1S/C32H20Br2N2S.2ClH.Zr/c1-35-29-21-11-9-19(33)13-17(21)15-25(29)23-5-3-7-27(31(23)35)37-28-8-4-6-24-26-16-18-14-20(34)10-12-22(18)30(26)36(2)32(24)28;;;/h3-4,7-16,29-30H,1-2H3;2*1H;/q;;;+2/p-2. The summed E-state index contributed by atoms with van der Waals surface area (Å²) >= 11 is 8.23. The van der Waals surface area contributed by atoms with Gasteiger partial charge in [-0.2, -0.15) is 0 Å². The maximum absolute atomic E-state index is 3.69. The predicted molar refractivity (Wildman–Crippen MR) is 163 cm³/mol. The van der Waals surface area contributed by atoms with Crippen molar-refractivity contribution in [2.75, 3.05) is 23.9 Å². The van der Waals surface area contributed by atoms with Crippen molar-refractivity contribution < 1.29 is 48.0 Å². The number of likely N-dealkylation sites (N-methyl/N-ethyl adjacent to an activating group) is 2. The van der Waals surface area contributed by atoms with E-state index in [-0.39, 0.29) is 24.8 Å². The van der Waals surface area contributed by atoms with Crippen molar-refractivity contribution in [2.24, 2.45) is 0 Å². The minimum atomic E-state index is -1.11. The van der Waals surface area contributed by atoms with Crippen LogP contribution in [0.25, 0.3) is 23.3 Å². The Balaban J connectivity index is 0.00000132. The topological polar surface area (TPSA) is 6.48 Å². The van der Waals surface area contributed by atoms with Gasteiger partial charge in [0.1, 0.15) is 0 Å². The fraction of sp³-hybridized carbons (Fsp3) is 0.125. The fourth-order valence-electron chi connectivity index (χ4n) is 7.24. The van der Waals surface area contributed by atoms with E-state index in [1.165, 1.54) is 65.7 Å². The van der Waals surface area contributed by atoms with Crippen molar-refractivity contribution >= 4 is 84.8 Å². The molecule has 0 N–H and O–H groups in total. The Hall–Kier alpha value is -1.27. The summed E-state index contributed by atoms with van der Waals surface area (Å²) < 4.78 is 5.50. The van der Waals surface area contributed by atoms with E-state index < -0.39 is 23.2 Å². The quantitative estimate of drug-likeness (QED) is 0.237. The smallest absolute Gasteiger partial charge is 1.00 e. The summed E-state index contributed by atoms with van der Waals surface area (Å²) in [5.74, 6) is 0. The first-order valence-electron chi connectivity index (χ1n) is 12.8. The number of fused-ring (bicyclic) bond motifs is 9. The number of halogens is 4. The number of benzene rings is 4. The number of rotatable bonds is 0. The zero-order valence-electron chi connectivity index (χ0n) is 21.4. The molecule has 4 bridgehead atoms. The molecule has 4 aromatic rings. The zero-order valence-corrected chi connectivity index (χ0v) is 29.4. The second-order valence-corrected chi connectivity index (χ2v) is 16.8. The van der Waals surface area contributed by atoms with Gasteiger partial charge >= 0.3 is 257 Å². The van der Waals surface area contributed by atoms with Gasteiger partial charge in [-0.25, -0.2) is 0 Å². The van der Waals surface area contributed by atoms with Crippen LogP contribution in [0.15, 0.2) is 79.4 Å². The first-order valence-corrected chi connectivity index (χ1v) is 17.6.